The fourth-order valence-corrected chi connectivity index (χ4v) is 6.20. The molecule has 4 nitrogen and oxygen atoms in total. The molecule has 1 amide bonds. The fraction of sp³-hybridized carbons (Fsp3) is 0.458. The maximum atomic E-state index is 13.5. The molecule has 4 saturated carbocycles. The van der Waals surface area contributed by atoms with Gasteiger partial charge in [-0.25, -0.2) is 9.37 Å². The third-order valence-electron chi connectivity index (χ3n) is 6.72. The molecule has 1 aromatic heterocycles. The molecule has 4 aliphatic carbocycles. The molecular formula is C24H24FN3O. The minimum absolute atomic E-state index is 0.0953. The Morgan fingerprint density at radius 2 is 2.00 bits per heavy atom. The molecule has 5 heteroatoms. The zero-order chi connectivity index (χ0) is 20.1. The molecular weight excluding hydrogens is 365 g/mol. The summed E-state index contributed by atoms with van der Waals surface area (Å²) < 4.78 is 13.5. The van der Waals surface area contributed by atoms with E-state index in [4.69, 9.17) is 0 Å². The van der Waals surface area contributed by atoms with Crippen molar-refractivity contribution < 1.29 is 9.18 Å². The quantitative estimate of drug-likeness (QED) is 0.789. The Balaban J connectivity index is 1.42. The molecule has 0 aliphatic heterocycles. The number of carbonyl (C=O) groups is 1. The summed E-state index contributed by atoms with van der Waals surface area (Å²) >= 11 is 0. The molecule has 0 radical (unpaired) electrons. The minimum Gasteiger partial charge on any atom is -0.345 e. The van der Waals surface area contributed by atoms with Crippen molar-refractivity contribution in [1.29, 1.82) is 0 Å². The fourth-order valence-electron chi connectivity index (χ4n) is 6.20. The number of nitrogens with one attached hydrogen (secondary N) is 1. The standard InChI is InChI=1S/C24H24FN3O/c1-16-13-26-14-21(27-16)22(29)28-24-11-18-7-19(12-24)10-23(9-18,15-24)6-5-17-3-2-4-20(25)8-17/h2-4,8,13-14,18-19H,7,9-12,15H2,1H3,(H,28,29). The van der Waals surface area contributed by atoms with E-state index in [0.717, 1.165) is 37.8 Å². The Morgan fingerprint density at radius 3 is 2.72 bits per heavy atom. The van der Waals surface area contributed by atoms with Gasteiger partial charge in [0.25, 0.3) is 5.91 Å². The first-order valence-corrected chi connectivity index (χ1v) is 10.3. The number of aryl methyl sites for hydroxylation is 1. The zero-order valence-electron chi connectivity index (χ0n) is 16.5. The normalized spacial score (nSPS) is 31.8. The van der Waals surface area contributed by atoms with E-state index in [0.29, 0.717) is 23.1 Å². The predicted octanol–water partition coefficient (Wildman–Crippen LogP) is 4.04. The number of benzene rings is 1. The van der Waals surface area contributed by atoms with Crippen LogP contribution in [0.1, 0.15) is 60.3 Å². The summed E-state index contributed by atoms with van der Waals surface area (Å²) in [6.07, 6.45) is 9.45. The van der Waals surface area contributed by atoms with Crippen LogP contribution >= 0.6 is 0 Å². The van der Waals surface area contributed by atoms with E-state index in [1.54, 1.807) is 12.3 Å². The van der Waals surface area contributed by atoms with E-state index >= 15 is 0 Å². The highest BCUT2D eigenvalue weighted by atomic mass is 19.1. The average molecular weight is 389 g/mol. The van der Waals surface area contributed by atoms with Crippen LogP contribution in [-0.4, -0.2) is 21.4 Å². The molecule has 4 aliphatic rings. The van der Waals surface area contributed by atoms with Gasteiger partial charge in [-0.05, 0) is 75.5 Å². The Kier molecular flexibility index (Phi) is 4.20. The molecule has 2 atom stereocenters. The van der Waals surface area contributed by atoms with Crippen LogP contribution in [0.15, 0.2) is 36.7 Å². The summed E-state index contributed by atoms with van der Waals surface area (Å²) in [5.41, 5.74) is 1.51. The average Bonchev–Trinajstić information content (AvgIpc) is 2.65. The number of carbonyl (C=O) groups excluding carboxylic acids is 1. The number of hydrogen-bond acceptors (Lipinski definition) is 3. The Bertz CT molecular complexity index is 1020. The highest BCUT2D eigenvalue weighted by Crippen LogP contribution is 2.61. The first-order chi connectivity index (χ1) is 13.9. The van der Waals surface area contributed by atoms with Gasteiger partial charge in [-0.15, -0.1) is 0 Å². The van der Waals surface area contributed by atoms with Gasteiger partial charge in [-0.1, -0.05) is 17.9 Å². The van der Waals surface area contributed by atoms with Crippen LogP contribution in [0.2, 0.25) is 0 Å². The lowest BCUT2D eigenvalue weighted by Gasteiger charge is -2.60. The first kappa shape index (κ1) is 18.3. The predicted molar refractivity (Wildman–Crippen MR) is 107 cm³/mol. The monoisotopic (exact) mass is 389 g/mol. The van der Waals surface area contributed by atoms with Gasteiger partial charge < -0.3 is 5.32 Å². The van der Waals surface area contributed by atoms with Gasteiger partial charge in [0.2, 0.25) is 0 Å². The number of rotatable bonds is 2. The van der Waals surface area contributed by atoms with E-state index in [2.05, 4.69) is 27.1 Å². The summed E-state index contributed by atoms with van der Waals surface area (Å²) in [7, 11) is 0. The lowest BCUT2D eigenvalue weighted by Crippen LogP contribution is -2.63. The molecule has 29 heavy (non-hydrogen) atoms. The van der Waals surface area contributed by atoms with Crippen molar-refractivity contribution >= 4 is 5.91 Å². The van der Waals surface area contributed by atoms with Gasteiger partial charge in [-0.2, -0.15) is 0 Å². The topological polar surface area (TPSA) is 54.9 Å². The molecule has 1 heterocycles. The van der Waals surface area contributed by atoms with Gasteiger partial charge in [0, 0.05) is 22.7 Å². The Labute approximate surface area is 170 Å². The van der Waals surface area contributed by atoms with Crippen molar-refractivity contribution in [1.82, 2.24) is 15.3 Å². The lowest BCUT2D eigenvalue weighted by atomic mass is 9.47. The van der Waals surface area contributed by atoms with Crippen LogP contribution in [-0.2, 0) is 0 Å². The Morgan fingerprint density at radius 1 is 1.21 bits per heavy atom. The Hall–Kier alpha value is -2.74. The van der Waals surface area contributed by atoms with E-state index in [9.17, 15) is 9.18 Å². The molecule has 2 unspecified atom stereocenters. The summed E-state index contributed by atoms with van der Waals surface area (Å²) in [4.78, 5) is 21.4. The summed E-state index contributed by atoms with van der Waals surface area (Å²) in [5.74, 6) is 7.52. The third kappa shape index (κ3) is 3.53. The highest BCUT2D eigenvalue weighted by Gasteiger charge is 2.57. The number of halogens is 1. The van der Waals surface area contributed by atoms with Crippen molar-refractivity contribution in [3.63, 3.8) is 0 Å². The number of hydrogen-bond donors (Lipinski definition) is 1. The van der Waals surface area contributed by atoms with E-state index in [1.807, 2.05) is 13.0 Å². The molecule has 6 rings (SSSR count). The summed E-state index contributed by atoms with van der Waals surface area (Å²) in [5, 5.41) is 3.33. The SMILES string of the molecule is Cc1cncc(C(=O)NC23CC4CC(CC(C#Cc5cccc(F)c5)(C4)C2)C3)n1. The molecule has 0 spiro atoms. The second-order valence-corrected chi connectivity index (χ2v) is 9.28. The van der Waals surface area contributed by atoms with Crippen molar-refractivity contribution in [2.75, 3.05) is 0 Å². The second-order valence-electron chi connectivity index (χ2n) is 9.28. The number of amides is 1. The molecule has 1 N–H and O–H groups in total. The van der Waals surface area contributed by atoms with E-state index in [1.165, 1.54) is 24.8 Å². The third-order valence-corrected chi connectivity index (χ3v) is 6.72. The van der Waals surface area contributed by atoms with Gasteiger partial charge in [0.15, 0.2) is 0 Å². The lowest BCUT2D eigenvalue weighted by molar-refractivity contribution is -0.0484. The molecule has 2 aromatic rings. The van der Waals surface area contributed by atoms with Crippen LogP contribution in [0.25, 0.3) is 0 Å². The summed E-state index contributed by atoms with van der Waals surface area (Å²) in [6.45, 7) is 1.84. The van der Waals surface area contributed by atoms with E-state index < -0.39 is 0 Å². The molecule has 148 valence electrons. The molecule has 0 saturated heterocycles. The van der Waals surface area contributed by atoms with Crippen molar-refractivity contribution in [2.24, 2.45) is 17.3 Å². The van der Waals surface area contributed by atoms with Gasteiger partial charge >= 0.3 is 0 Å². The number of aromatic nitrogens is 2. The van der Waals surface area contributed by atoms with E-state index in [-0.39, 0.29) is 22.7 Å². The maximum Gasteiger partial charge on any atom is 0.271 e. The molecule has 1 aromatic carbocycles. The maximum absolute atomic E-state index is 13.5. The van der Waals surface area contributed by atoms with Crippen LogP contribution < -0.4 is 5.32 Å². The van der Waals surface area contributed by atoms with Gasteiger partial charge in [0.1, 0.15) is 11.5 Å². The van der Waals surface area contributed by atoms with Crippen molar-refractivity contribution in [2.45, 2.75) is 51.0 Å². The first-order valence-electron chi connectivity index (χ1n) is 10.3. The molecule has 4 bridgehead atoms. The van der Waals surface area contributed by atoms with Crippen LogP contribution in [0.3, 0.4) is 0 Å². The van der Waals surface area contributed by atoms with Gasteiger partial charge in [0.05, 0.1) is 11.9 Å². The summed E-state index contributed by atoms with van der Waals surface area (Å²) in [6, 6.07) is 6.48. The van der Waals surface area contributed by atoms with Crippen LogP contribution in [0, 0.1) is 41.8 Å². The largest absolute Gasteiger partial charge is 0.345 e. The van der Waals surface area contributed by atoms with Crippen molar-refractivity contribution in [3.05, 3.63) is 59.4 Å². The highest BCUT2D eigenvalue weighted by molar-refractivity contribution is 5.92. The smallest absolute Gasteiger partial charge is 0.271 e. The molecule has 4 fully saturated rings. The van der Waals surface area contributed by atoms with Gasteiger partial charge in [-0.3, -0.25) is 9.78 Å². The van der Waals surface area contributed by atoms with Crippen LogP contribution in [0.4, 0.5) is 4.39 Å². The second kappa shape index (κ2) is 6.66. The van der Waals surface area contributed by atoms with Crippen molar-refractivity contribution in [3.8, 4) is 11.8 Å². The minimum atomic E-state index is -0.259. The number of nitrogens with zero attached hydrogens (tertiary/aromatic N) is 2. The van der Waals surface area contributed by atoms with Crippen LogP contribution in [0.5, 0.6) is 0 Å². The zero-order valence-corrected chi connectivity index (χ0v) is 16.5.